The number of piperazine rings is 1. The van der Waals surface area contributed by atoms with E-state index in [-0.39, 0.29) is 11.9 Å². The predicted octanol–water partition coefficient (Wildman–Crippen LogP) is 1.41. The van der Waals surface area contributed by atoms with Gasteiger partial charge in [-0.15, -0.1) is 0 Å². The van der Waals surface area contributed by atoms with Crippen molar-refractivity contribution in [3.05, 3.63) is 28.2 Å². The van der Waals surface area contributed by atoms with Crippen LogP contribution in [0.3, 0.4) is 0 Å². The summed E-state index contributed by atoms with van der Waals surface area (Å²) < 4.78 is 0.996. The van der Waals surface area contributed by atoms with Crippen LogP contribution in [-0.2, 0) is 4.79 Å². The number of benzene rings is 1. The second-order valence-corrected chi connectivity index (χ2v) is 5.12. The molecule has 0 aliphatic carbocycles. The minimum absolute atomic E-state index is 0.00285. The van der Waals surface area contributed by atoms with Crippen LogP contribution in [0.2, 0.25) is 0 Å². The molecule has 0 radical (unpaired) electrons. The van der Waals surface area contributed by atoms with Crippen molar-refractivity contribution in [2.45, 2.75) is 13.0 Å². The van der Waals surface area contributed by atoms with Crippen LogP contribution in [0, 0.1) is 0 Å². The Labute approximate surface area is 109 Å². The van der Waals surface area contributed by atoms with Gasteiger partial charge in [0.25, 0.3) is 0 Å². The van der Waals surface area contributed by atoms with Crippen LogP contribution in [0.15, 0.2) is 22.7 Å². The third-order valence-corrected chi connectivity index (χ3v) is 3.56. The second-order valence-electron chi connectivity index (χ2n) is 4.27. The highest BCUT2D eigenvalue weighted by atomic mass is 79.9. The lowest BCUT2D eigenvalue weighted by molar-refractivity contribution is -0.120. The predicted molar refractivity (Wildman–Crippen MR) is 72.0 cm³/mol. The molecule has 1 fully saturated rings. The number of halogens is 1. The van der Waals surface area contributed by atoms with E-state index in [2.05, 4.69) is 26.1 Å². The summed E-state index contributed by atoms with van der Waals surface area (Å²) in [4.78, 5) is 13.4. The van der Waals surface area contributed by atoms with E-state index >= 15 is 0 Å². The molecule has 2 rings (SSSR count). The molecule has 1 atom stereocenters. The van der Waals surface area contributed by atoms with E-state index in [1.54, 1.807) is 0 Å². The van der Waals surface area contributed by atoms with E-state index < -0.39 is 0 Å². The number of nitrogens with one attached hydrogen (secondary N) is 1. The first-order chi connectivity index (χ1) is 8.08. The third-order valence-electron chi connectivity index (χ3n) is 2.88. The monoisotopic (exact) mass is 297 g/mol. The summed E-state index contributed by atoms with van der Waals surface area (Å²) in [5, 5.41) is 2.81. The van der Waals surface area contributed by atoms with Crippen LogP contribution in [-0.4, -0.2) is 25.5 Å². The summed E-state index contributed by atoms with van der Waals surface area (Å²) in [6.07, 6.45) is 0. The van der Waals surface area contributed by atoms with Crippen molar-refractivity contribution in [3.63, 3.8) is 0 Å². The van der Waals surface area contributed by atoms with E-state index in [4.69, 9.17) is 5.73 Å². The number of carbonyl (C=O) groups is 1. The number of hydrogen-bond donors (Lipinski definition) is 2. The molecule has 5 heteroatoms. The molecule has 17 heavy (non-hydrogen) atoms. The number of hydrogen-bond acceptors (Lipinski definition) is 3. The Morgan fingerprint density at radius 2 is 2.29 bits per heavy atom. The van der Waals surface area contributed by atoms with Gasteiger partial charge in [0.15, 0.2) is 0 Å². The van der Waals surface area contributed by atoms with Gasteiger partial charge < -0.3 is 16.0 Å². The molecule has 1 aromatic carbocycles. The smallest absolute Gasteiger partial charge is 0.239 e. The van der Waals surface area contributed by atoms with E-state index in [1.165, 1.54) is 0 Å². The minimum Gasteiger partial charge on any atom is -0.360 e. The van der Waals surface area contributed by atoms with Gasteiger partial charge in [-0.2, -0.15) is 0 Å². The number of amides is 1. The van der Waals surface area contributed by atoms with Crippen LogP contribution in [0.1, 0.15) is 18.5 Å². The summed E-state index contributed by atoms with van der Waals surface area (Å²) in [6.45, 7) is 3.92. The number of nitrogens with zero attached hydrogens (tertiary/aromatic N) is 1. The van der Waals surface area contributed by atoms with Gasteiger partial charge in [-0.3, -0.25) is 4.79 Å². The molecule has 4 nitrogen and oxygen atoms in total. The molecule has 1 saturated heterocycles. The lowest BCUT2D eigenvalue weighted by Gasteiger charge is -2.29. The van der Waals surface area contributed by atoms with E-state index in [9.17, 15) is 4.79 Å². The SMILES string of the molecule is C[C@@H](N)c1ccc(N2CCNC(=O)C2)cc1Br. The molecule has 0 saturated carbocycles. The normalized spacial score (nSPS) is 17.8. The van der Waals surface area contributed by atoms with Gasteiger partial charge in [0, 0.05) is 29.3 Å². The van der Waals surface area contributed by atoms with Crippen molar-refractivity contribution in [2.75, 3.05) is 24.5 Å². The molecule has 0 aromatic heterocycles. The Kier molecular flexibility index (Phi) is 3.69. The molecule has 3 N–H and O–H groups in total. The van der Waals surface area contributed by atoms with Crippen molar-refractivity contribution in [3.8, 4) is 0 Å². The average molecular weight is 298 g/mol. The topological polar surface area (TPSA) is 58.4 Å². The molecule has 1 aliphatic rings. The van der Waals surface area contributed by atoms with Gasteiger partial charge in [-0.05, 0) is 24.6 Å². The summed E-state index contributed by atoms with van der Waals surface area (Å²) in [5.41, 5.74) is 7.99. The van der Waals surface area contributed by atoms with Crippen LogP contribution < -0.4 is 16.0 Å². The number of anilines is 1. The van der Waals surface area contributed by atoms with Crippen LogP contribution in [0.4, 0.5) is 5.69 Å². The van der Waals surface area contributed by atoms with E-state index in [0.717, 1.165) is 22.3 Å². The summed E-state index contributed by atoms with van der Waals surface area (Å²) in [7, 11) is 0. The van der Waals surface area contributed by atoms with Crippen molar-refractivity contribution in [1.82, 2.24) is 5.32 Å². The maximum Gasteiger partial charge on any atom is 0.239 e. The molecule has 1 amide bonds. The molecular weight excluding hydrogens is 282 g/mol. The van der Waals surface area contributed by atoms with Gasteiger partial charge in [0.2, 0.25) is 5.91 Å². The maximum atomic E-state index is 11.3. The Bertz CT molecular complexity index is 434. The fourth-order valence-electron chi connectivity index (χ4n) is 1.94. The Hall–Kier alpha value is -1.07. The lowest BCUT2D eigenvalue weighted by Crippen LogP contribution is -2.47. The minimum atomic E-state index is 0.00285. The zero-order chi connectivity index (χ0) is 12.4. The number of carbonyl (C=O) groups excluding carboxylic acids is 1. The number of nitrogens with two attached hydrogens (primary N) is 1. The molecule has 1 aliphatic heterocycles. The average Bonchev–Trinajstić information content (AvgIpc) is 2.28. The second kappa shape index (κ2) is 5.06. The van der Waals surface area contributed by atoms with Gasteiger partial charge in [-0.1, -0.05) is 22.0 Å². The van der Waals surface area contributed by atoms with Crippen molar-refractivity contribution in [2.24, 2.45) is 5.73 Å². The summed E-state index contributed by atoms with van der Waals surface area (Å²) >= 11 is 3.52. The van der Waals surface area contributed by atoms with Crippen molar-refractivity contribution >= 4 is 27.5 Å². The lowest BCUT2D eigenvalue weighted by atomic mass is 10.1. The first-order valence-electron chi connectivity index (χ1n) is 5.64. The molecule has 0 unspecified atom stereocenters. The fourth-order valence-corrected chi connectivity index (χ4v) is 2.67. The highest BCUT2D eigenvalue weighted by Gasteiger charge is 2.17. The van der Waals surface area contributed by atoms with Gasteiger partial charge in [-0.25, -0.2) is 0 Å². The van der Waals surface area contributed by atoms with Gasteiger partial charge in [0.05, 0.1) is 6.54 Å². The molecule has 0 spiro atoms. The highest BCUT2D eigenvalue weighted by Crippen LogP contribution is 2.27. The molecule has 0 bridgehead atoms. The maximum absolute atomic E-state index is 11.3. The van der Waals surface area contributed by atoms with Crippen molar-refractivity contribution in [1.29, 1.82) is 0 Å². The highest BCUT2D eigenvalue weighted by molar-refractivity contribution is 9.10. The molecule has 1 heterocycles. The van der Waals surface area contributed by atoms with Crippen LogP contribution >= 0.6 is 15.9 Å². The third kappa shape index (κ3) is 2.79. The van der Waals surface area contributed by atoms with Crippen LogP contribution in [0.5, 0.6) is 0 Å². The quantitative estimate of drug-likeness (QED) is 0.868. The zero-order valence-corrected chi connectivity index (χ0v) is 11.3. The first kappa shape index (κ1) is 12.4. The summed E-state index contributed by atoms with van der Waals surface area (Å²) in [6, 6.07) is 6.05. The molecule has 1 aromatic rings. The Morgan fingerprint density at radius 1 is 1.53 bits per heavy atom. The van der Waals surface area contributed by atoms with E-state index in [1.807, 2.05) is 25.1 Å². The van der Waals surface area contributed by atoms with Crippen molar-refractivity contribution < 1.29 is 4.79 Å². The standard InChI is InChI=1S/C12H16BrN3O/c1-8(14)10-3-2-9(6-11(10)13)16-5-4-15-12(17)7-16/h2-3,6,8H,4-5,7,14H2,1H3,(H,15,17)/t8-/m1/s1. The zero-order valence-electron chi connectivity index (χ0n) is 9.74. The number of rotatable bonds is 2. The molecule has 92 valence electrons. The molecular formula is C12H16BrN3O. The van der Waals surface area contributed by atoms with E-state index in [0.29, 0.717) is 13.1 Å². The fraction of sp³-hybridized carbons (Fsp3) is 0.417. The van der Waals surface area contributed by atoms with Gasteiger partial charge in [0.1, 0.15) is 0 Å². The Morgan fingerprint density at radius 3 is 2.88 bits per heavy atom. The Balaban J connectivity index is 2.22. The first-order valence-corrected chi connectivity index (χ1v) is 6.44. The van der Waals surface area contributed by atoms with Gasteiger partial charge >= 0.3 is 0 Å². The summed E-state index contributed by atoms with van der Waals surface area (Å²) in [5.74, 6) is 0.0728. The van der Waals surface area contributed by atoms with Crippen LogP contribution in [0.25, 0.3) is 0 Å². The largest absolute Gasteiger partial charge is 0.360 e.